The van der Waals surface area contributed by atoms with Crippen molar-refractivity contribution < 1.29 is 24.5 Å². The van der Waals surface area contributed by atoms with Crippen LogP contribution in [0.1, 0.15) is 20.7 Å². The van der Waals surface area contributed by atoms with Gasteiger partial charge in [-0.1, -0.05) is 0 Å². The first-order chi connectivity index (χ1) is 11.3. The molecule has 0 saturated carbocycles. The van der Waals surface area contributed by atoms with Crippen LogP contribution >= 0.6 is 0 Å². The molecule has 0 aliphatic carbocycles. The van der Waals surface area contributed by atoms with Gasteiger partial charge in [0, 0.05) is 11.8 Å². The highest BCUT2D eigenvalue weighted by Gasteiger charge is 2.24. The number of amides is 1. The minimum absolute atomic E-state index is 0.00863. The maximum Gasteiger partial charge on any atom is 0.335 e. The van der Waals surface area contributed by atoms with Crippen LogP contribution in [0, 0.1) is 20.2 Å². The predicted octanol–water partition coefficient (Wildman–Crippen LogP) is 2.45. The molecule has 0 aromatic heterocycles. The van der Waals surface area contributed by atoms with E-state index in [1.165, 1.54) is 24.3 Å². The van der Waals surface area contributed by atoms with E-state index < -0.39 is 33.1 Å². The van der Waals surface area contributed by atoms with Crippen LogP contribution in [0.5, 0.6) is 0 Å². The van der Waals surface area contributed by atoms with Gasteiger partial charge in [-0.25, -0.2) is 4.79 Å². The van der Waals surface area contributed by atoms with Gasteiger partial charge in [-0.15, -0.1) is 0 Å². The number of non-ortho nitro benzene ring substituents is 1. The van der Waals surface area contributed by atoms with E-state index in [-0.39, 0.29) is 16.8 Å². The average molecular weight is 331 g/mol. The summed E-state index contributed by atoms with van der Waals surface area (Å²) in [4.78, 5) is 42.9. The Labute approximate surface area is 133 Å². The Morgan fingerprint density at radius 3 is 2.08 bits per heavy atom. The fourth-order valence-corrected chi connectivity index (χ4v) is 1.87. The number of hydrogen-bond donors (Lipinski definition) is 2. The molecule has 0 bridgehead atoms. The number of nitro benzene ring substituents is 2. The Kier molecular flexibility index (Phi) is 4.50. The molecule has 10 nitrogen and oxygen atoms in total. The summed E-state index contributed by atoms with van der Waals surface area (Å²) < 4.78 is 0. The van der Waals surface area contributed by atoms with Crippen molar-refractivity contribution >= 4 is 28.9 Å². The monoisotopic (exact) mass is 331 g/mol. The summed E-state index contributed by atoms with van der Waals surface area (Å²) in [6.45, 7) is 0. The van der Waals surface area contributed by atoms with Gasteiger partial charge in [0.25, 0.3) is 17.3 Å². The third-order valence-electron chi connectivity index (χ3n) is 3.02. The largest absolute Gasteiger partial charge is 0.478 e. The number of nitrogens with one attached hydrogen (secondary N) is 1. The van der Waals surface area contributed by atoms with Crippen molar-refractivity contribution in [1.82, 2.24) is 0 Å². The first kappa shape index (κ1) is 16.5. The summed E-state index contributed by atoms with van der Waals surface area (Å²) >= 11 is 0. The van der Waals surface area contributed by atoms with Crippen molar-refractivity contribution in [1.29, 1.82) is 0 Å². The quantitative estimate of drug-likeness (QED) is 0.630. The SMILES string of the molecule is O=C(O)c1ccc(NC(=O)c2ccc([N+](=O)[O-])cc2[N+](=O)[O-])cc1. The van der Waals surface area contributed by atoms with E-state index in [0.29, 0.717) is 6.07 Å². The van der Waals surface area contributed by atoms with Gasteiger partial charge in [-0.3, -0.25) is 25.0 Å². The Bertz CT molecular complexity index is 846. The minimum Gasteiger partial charge on any atom is -0.478 e. The van der Waals surface area contributed by atoms with Crippen molar-refractivity contribution in [3.05, 3.63) is 73.8 Å². The van der Waals surface area contributed by atoms with Gasteiger partial charge >= 0.3 is 5.97 Å². The summed E-state index contributed by atoms with van der Waals surface area (Å²) in [6.07, 6.45) is 0. The van der Waals surface area contributed by atoms with E-state index in [1.807, 2.05) is 0 Å². The summed E-state index contributed by atoms with van der Waals surface area (Å²) in [5, 5.41) is 32.8. The number of carbonyl (C=O) groups excluding carboxylic acids is 1. The number of nitro groups is 2. The van der Waals surface area contributed by atoms with E-state index >= 15 is 0 Å². The van der Waals surface area contributed by atoms with Gasteiger partial charge in [0.2, 0.25) is 0 Å². The number of benzene rings is 2. The van der Waals surface area contributed by atoms with Crippen molar-refractivity contribution in [2.75, 3.05) is 5.32 Å². The number of aromatic carboxylic acids is 1. The molecule has 122 valence electrons. The van der Waals surface area contributed by atoms with Gasteiger partial charge in [0.15, 0.2) is 0 Å². The second kappa shape index (κ2) is 6.52. The Hall–Kier alpha value is -3.82. The third kappa shape index (κ3) is 3.50. The maximum absolute atomic E-state index is 12.1. The number of carboxylic acid groups (broad SMARTS) is 1. The van der Waals surface area contributed by atoms with E-state index in [2.05, 4.69) is 5.32 Å². The molecule has 2 rings (SSSR count). The fourth-order valence-electron chi connectivity index (χ4n) is 1.87. The zero-order valence-electron chi connectivity index (χ0n) is 11.8. The van der Waals surface area contributed by atoms with Crippen LogP contribution in [0.15, 0.2) is 42.5 Å². The smallest absolute Gasteiger partial charge is 0.335 e. The molecular weight excluding hydrogens is 322 g/mol. The van der Waals surface area contributed by atoms with E-state index in [1.54, 1.807) is 0 Å². The molecule has 1 amide bonds. The molecule has 0 spiro atoms. The zero-order valence-corrected chi connectivity index (χ0v) is 11.8. The lowest BCUT2D eigenvalue weighted by atomic mass is 10.1. The molecule has 0 unspecified atom stereocenters. The van der Waals surface area contributed by atoms with Crippen LogP contribution in [-0.2, 0) is 0 Å². The van der Waals surface area contributed by atoms with Gasteiger partial charge in [0.05, 0.1) is 21.5 Å². The Balaban J connectivity index is 2.30. The lowest BCUT2D eigenvalue weighted by Crippen LogP contribution is -2.14. The number of nitrogens with zero attached hydrogens (tertiary/aromatic N) is 2. The van der Waals surface area contributed by atoms with Gasteiger partial charge < -0.3 is 10.4 Å². The van der Waals surface area contributed by atoms with E-state index in [0.717, 1.165) is 12.1 Å². The molecule has 24 heavy (non-hydrogen) atoms. The molecule has 0 heterocycles. The molecular formula is C14H9N3O7. The minimum atomic E-state index is -1.14. The van der Waals surface area contributed by atoms with Gasteiger partial charge in [-0.05, 0) is 30.3 Å². The second-order valence-electron chi connectivity index (χ2n) is 4.55. The predicted molar refractivity (Wildman–Crippen MR) is 81.1 cm³/mol. The number of hydrogen-bond acceptors (Lipinski definition) is 6. The van der Waals surface area contributed by atoms with E-state index in [4.69, 9.17) is 5.11 Å². The van der Waals surface area contributed by atoms with Crippen molar-refractivity contribution in [2.24, 2.45) is 0 Å². The van der Waals surface area contributed by atoms with Gasteiger partial charge in [-0.2, -0.15) is 0 Å². The second-order valence-corrected chi connectivity index (χ2v) is 4.55. The third-order valence-corrected chi connectivity index (χ3v) is 3.02. The Morgan fingerprint density at radius 1 is 0.958 bits per heavy atom. The average Bonchev–Trinajstić information content (AvgIpc) is 2.54. The summed E-state index contributed by atoms with van der Waals surface area (Å²) in [6, 6.07) is 7.80. The molecule has 2 aromatic rings. The zero-order chi connectivity index (χ0) is 17.9. The first-order valence-electron chi connectivity index (χ1n) is 6.37. The molecule has 0 fully saturated rings. The molecule has 0 atom stereocenters. The molecule has 0 aliphatic rings. The maximum atomic E-state index is 12.1. The van der Waals surface area contributed by atoms with Crippen LogP contribution in [0.25, 0.3) is 0 Å². The molecule has 0 radical (unpaired) electrons. The summed E-state index contributed by atoms with van der Waals surface area (Å²) in [5.74, 6) is -1.99. The molecule has 0 saturated heterocycles. The highest BCUT2D eigenvalue weighted by molar-refractivity contribution is 6.07. The standard InChI is InChI=1S/C14H9N3O7/c18-13(15-9-3-1-8(2-4-9)14(19)20)11-6-5-10(16(21)22)7-12(11)17(23)24/h1-7H,(H,15,18)(H,19,20). The first-order valence-corrected chi connectivity index (χ1v) is 6.37. The van der Waals surface area contributed by atoms with Crippen molar-refractivity contribution in [3.8, 4) is 0 Å². The van der Waals surface area contributed by atoms with Crippen LogP contribution in [-0.4, -0.2) is 26.8 Å². The molecule has 0 aliphatic heterocycles. The summed E-state index contributed by atoms with van der Waals surface area (Å²) in [7, 11) is 0. The topological polar surface area (TPSA) is 153 Å². The molecule has 10 heteroatoms. The lowest BCUT2D eigenvalue weighted by molar-refractivity contribution is -0.394. The molecule has 2 N–H and O–H groups in total. The lowest BCUT2D eigenvalue weighted by Gasteiger charge is -2.06. The van der Waals surface area contributed by atoms with Crippen LogP contribution in [0.4, 0.5) is 17.1 Å². The number of anilines is 1. The highest BCUT2D eigenvalue weighted by atomic mass is 16.6. The highest BCUT2D eigenvalue weighted by Crippen LogP contribution is 2.25. The fraction of sp³-hybridized carbons (Fsp3) is 0. The normalized spacial score (nSPS) is 10.0. The van der Waals surface area contributed by atoms with Crippen LogP contribution in [0.2, 0.25) is 0 Å². The van der Waals surface area contributed by atoms with Crippen molar-refractivity contribution in [2.45, 2.75) is 0 Å². The van der Waals surface area contributed by atoms with Gasteiger partial charge in [0.1, 0.15) is 5.56 Å². The van der Waals surface area contributed by atoms with Crippen molar-refractivity contribution in [3.63, 3.8) is 0 Å². The van der Waals surface area contributed by atoms with Crippen LogP contribution in [0.3, 0.4) is 0 Å². The number of carbonyl (C=O) groups is 2. The number of rotatable bonds is 5. The summed E-state index contributed by atoms with van der Waals surface area (Å²) in [5.41, 5.74) is -1.34. The number of carboxylic acids is 1. The van der Waals surface area contributed by atoms with E-state index in [9.17, 15) is 29.8 Å². The molecule has 2 aromatic carbocycles. The Morgan fingerprint density at radius 2 is 1.58 bits per heavy atom. The van der Waals surface area contributed by atoms with Crippen LogP contribution < -0.4 is 5.32 Å².